The van der Waals surface area contributed by atoms with Crippen molar-refractivity contribution in [3.05, 3.63) is 59.4 Å². The Kier molecular flexibility index (Phi) is 3.00. The van der Waals surface area contributed by atoms with E-state index in [1.165, 1.54) is 42.4 Å². The standard InChI is InChI=1S/C18H19N3/c19-12-16-18(20-17-7-3-4-10-21(16)17)15-9-8-13-5-1-2-6-14(13)11-15/h3-4,7-11H,1-2,5-6,12,19H2. The van der Waals surface area contributed by atoms with Crippen LogP contribution in [0.25, 0.3) is 16.9 Å². The van der Waals surface area contributed by atoms with Crippen LogP contribution in [-0.2, 0) is 19.4 Å². The Balaban J connectivity index is 1.89. The van der Waals surface area contributed by atoms with Crippen molar-refractivity contribution in [2.75, 3.05) is 0 Å². The lowest BCUT2D eigenvalue weighted by Gasteiger charge is -2.16. The summed E-state index contributed by atoms with van der Waals surface area (Å²) in [7, 11) is 0. The molecule has 0 saturated heterocycles. The number of fused-ring (bicyclic) bond motifs is 2. The number of hydrogen-bond donors (Lipinski definition) is 1. The van der Waals surface area contributed by atoms with Gasteiger partial charge in [-0.15, -0.1) is 0 Å². The highest BCUT2D eigenvalue weighted by molar-refractivity contribution is 5.68. The number of hydrogen-bond acceptors (Lipinski definition) is 2. The Morgan fingerprint density at radius 3 is 2.76 bits per heavy atom. The average Bonchev–Trinajstić information content (AvgIpc) is 2.93. The highest BCUT2D eigenvalue weighted by Crippen LogP contribution is 2.29. The third kappa shape index (κ3) is 2.05. The molecule has 2 N–H and O–H groups in total. The van der Waals surface area contributed by atoms with Crippen LogP contribution < -0.4 is 5.73 Å². The summed E-state index contributed by atoms with van der Waals surface area (Å²) in [5, 5.41) is 0. The van der Waals surface area contributed by atoms with E-state index in [0.717, 1.165) is 17.0 Å². The zero-order valence-electron chi connectivity index (χ0n) is 12.0. The number of imidazole rings is 1. The molecule has 3 nitrogen and oxygen atoms in total. The molecule has 3 aromatic rings. The van der Waals surface area contributed by atoms with Crippen LogP contribution in [0.2, 0.25) is 0 Å². The zero-order valence-corrected chi connectivity index (χ0v) is 12.0. The molecule has 1 aliphatic rings. The van der Waals surface area contributed by atoms with Crippen molar-refractivity contribution in [1.29, 1.82) is 0 Å². The van der Waals surface area contributed by atoms with Crippen molar-refractivity contribution in [3.63, 3.8) is 0 Å². The van der Waals surface area contributed by atoms with Crippen LogP contribution in [0.5, 0.6) is 0 Å². The van der Waals surface area contributed by atoms with E-state index in [1.807, 2.05) is 24.4 Å². The predicted molar refractivity (Wildman–Crippen MR) is 85.2 cm³/mol. The Hall–Kier alpha value is -2.13. The number of aromatic nitrogens is 2. The maximum absolute atomic E-state index is 5.98. The van der Waals surface area contributed by atoms with Crippen LogP contribution in [0.4, 0.5) is 0 Å². The second kappa shape index (κ2) is 5.01. The summed E-state index contributed by atoms with van der Waals surface area (Å²) in [6.45, 7) is 0.498. The van der Waals surface area contributed by atoms with Gasteiger partial charge < -0.3 is 10.1 Å². The van der Waals surface area contributed by atoms with E-state index in [0.29, 0.717) is 6.54 Å². The lowest BCUT2D eigenvalue weighted by molar-refractivity contribution is 0.686. The first-order valence-electron chi connectivity index (χ1n) is 7.65. The normalized spacial score (nSPS) is 14.3. The third-order valence-corrected chi connectivity index (χ3v) is 4.44. The lowest BCUT2D eigenvalue weighted by Crippen LogP contribution is -2.04. The number of pyridine rings is 1. The van der Waals surface area contributed by atoms with Gasteiger partial charge in [0.05, 0.1) is 11.4 Å². The van der Waals surface area contributed by atoms with Gasteiger partial charge in [0.2, 0.25) is 0 Å². The molecule has 0 bridgehead atoms. The number of benzene rings is 1. The number of nitrogens with zero attached hydrogens (tertiary/aromatic N) is 2. The zero-order chi connectivity index (χ0) is 14.2. The maximum Gasteiger partial charge on any atom is 0.137 e. The summed E-state index contributed by atoms with van der Waals surface area (Å²) >= 11 is 0. The molecule has 0 aliphatic heterocycles. The van der Waals surface area contributed by atoms with E-state index in [2.05, 4.69) is 22.6 Å². The van der Waals surface area contributed by atoms with Crippen molar-refractivity contribution < 1.29 is 0 Å². The first kappa shape index (κ1) is 12.6. The SMILES string of the molecule is NCc1c(-c2ccc3c(c2)CCCC3)nc2ccccn12. The van der Waals surface area contributed by atoms with Crippen LogP contribution in [0, 0.1) is 0 Å². The fourth-order valence-electron chi connectivity index (χ4n) is 3.35. The van der Waals surface area contributed by atoms with Gasteiger partial charge in [-0.25, -0.2) is 4.98 Å². The largest absolute Gasteiger partial charge is 0.325 e. The molecule has 0 atom stereocenters. The fourth-order valence-corrected chi connectivity index (χ4v) is 3.35. The van der Waals surface area contributed by atoms with Gasteiger partial charge in [-0.05, 0) is 55.0 Å². The number of rotatable bonds is 2. The Labute approximate surface area is 124 Å². The third-order valence-electron chi connectivity index (χ3n) is 4.44. The summed E-state index contributed by atoms with van der Waals surface area (Å²) < 4.78 is 2.09. The van der Waals surface area contributed by atoms with Crippen molar-refractivity contribution in [2.45, 2.75) is 32.2 Å². The Bertz CT molecular complexity index is 801. The number of aryl methyl sites for hydroxylation is 2. The minimum atomic E-state index is 0.498. The van der Waals surface area contributed by atoms with Crippen molar-refractivity contribution >= 4 is 5.65 Å². The monoisotopic (exact) mass is 277 g/mol. The van der Waals surface area contributed by atoms with Crippen molar-refractivity contribution in [2.24, 2.45) is 5.73 Å². The van der Waals surface area contributed by atoms with E-state index in [-0.39, 0.29) is 0 Å². The van der Waals surface area contributed by atoms with Crippen LogP contribution in [0.15, 0.2) is 42.6 Å². The first-order chi connectivity index (χ1) is 10.4. The molecule has 4 rings (SSSR count). The summed E-state index contributed by atoms with van der Waals surface area (Å²) in [5.41, 5.74) is 13.2. The van der Waals surface area contributed by atoms with Crippen LogP contribution in [-0.4, -0.2) is 9.38 Å². The Morgan fingerprint density at radius 2 is 1.90 bits per heavy atom. The van der Waals surface area contributed by atoms with Gasteiger partial charge in [0, 0.05) is 18.3 Å². The van der Waals surface area contributed by atoms with Gasteiger partial charge in [0.25, 0.3) is 0 Å². The topological polar surface area (TPSA) is 43.3 Å². The molecule has 0 unspecified atom stereocenters. The Morgan fingerprint density at radius 1 is 1.05 bits per heavy atom. The predicted octanol–water partition coefficient (Wildman–Crippen LogP) is 3.34. The molecule has 0 amide bonds. The van der Waals surface area contributed by atoms with E-state index in [4.69, 9.17) is 10.7 Å². The molecule has 2 aromatic heterocycles. The van der Waals surface area contributed by atoms with Crippen LogP contribution >= 0.6 is 0 Å². The molecule has 3 heteroatoms. The molecule has 0 saturated carbocycles. The van der Waals surface area contributed by atoms with Crippen LogP contribution in [0.1, 0.15) is 29.7 Å². The summed E-state index contributed by atoms with van der Waals surface area (Å²) in [6, 6.07) is 12.8. The molecule has 21 heavy (non-hydrogen) atoms. The summed E-state index contributed by atoms with van der Waals surface area (Å²) in [5.74, 6) is 0. The highest BCUT2D eigenvalue weighted by Gasteiger charge is 2.15. The highest BCUT2D eigenvalue weighted by atomic mass is 15.0. The van der Waals surface area contributed by atoms with Gasteiger partial charge in [-0.1, -0.05) is 18.2 Å². The summed E-state index contributed by atoms with van der Waals surface area (Å²) in [4.78, 5) is 4.79. The molecule has 1 aliphatic carbocycles. The van der Waals surface area contributed by atoms with Gasteiger partial charge >= 0.3 is 0 Å². The molecule has 0 radical (unpaired) electrons. The maximum atomic E-state index is 5.98. The molecule has 2 heterocycles. The van der Waals surface area contributed by atoms with Gasteiger partial charge in [-0.3, -0.25) is 0 Å². The molecule has 1 aromatic carbocycles. The fraction of sp³-hybridized carbons (Fsp3) is 0.278. The lowest BCUT2D eigenvalue weighted by atomic mass is 9.90. The minimum absolute atomic E-state index is 0.498. The van der Waals surface area contributed by atoms with E-state index >= 15 is 0 Å². The van der Waals surface area contributed by atoms with Gasteiger partial charge in [-0.2, -0.15) is 0 Å². The molecule has 0 fully saturated rings. The van der Waals surface area contributed by atoms with Crippen molar-refractivity contribution in [3.8, 4) is 11.3 Å². The molecular formula is C18H19N3. The van der Waals surface area contributed by atoms with E-state index in [1.54, 1.807) is 0 Å². The van der Waals surface area contributed by atoms with Crippen molar-refractivity contribution in [1.82, 2.24) is 9.38 Å². The minimum Gasteiger partial charge on any atom is -0.325 e. The quantitative estimate of drug-likeness (QED) is 0.780. The summed E-state index contributed by atoms with van der Waals surface area (Å²) in [6.07, 6.45) is 7.05. The van der Waals surface area contributed by atoms with Gasteiger partial charge in [0.1, 0.15) is 5.65 Å². The average molecular weight is 277 g/mol. The molecular weight excluding hydrogens is 258 g/mol. The smallest absolute Gasteiger partial charge is 0.137 e. The van der Waals surface area contributed by atoms with E-state index < -0.39 is 0 Å². The first-order valence-corrected chi connectivity index (χ1v) is 7.65. The second-order valence-corrected chi connectivity index (χ2v) is 5.73. The molecule has 106 valence electrons. The number of nitrogens with two attached hydrogens (primary N) is 1. The van der Waals surface area contributed by atoms with Gasteiger partial charge in [0.15, 0.2) is 0 Å². The van der Waals surface area contributed by atoms with Crippen LogP contribution in [0.3, 0.4) is 0 Å². The van der Waals surface area contributed by atoms with E-state index in [9.17, 15) is 0 Å². The second-order valence-electron chi connectivity index (χ2n) is 5.73. The molecule has 0 spiro atoms.